The number of carboxylic acids is 1. The summed E-state index contributed by atoms with van der Waals surface area (Å²) in [6.07, 6.45) is 3.25. The van der Waals surface area contributed by atoms with Crippen LogP contribution < -0.4 is 16.4 Å². The average molecular weight is 516 g/mol. The Bertz CT molecular complexity index is 1240. The van der Waals surface area contributed by atoms with E-state index in [1.807, 2.05) is 6.07 Å². The number of nitrogens with two attached hydrogens (primary N) is 2. The summed E-state index contributed by atoms with van der Waals surface area (Å²) < 4.78 is 0. The van der Waals surface area contributed by atoms with Crippen molar-refractivity contribution in [3.8, 4) is 0 Å². The molecule has 1 aliphatic heterocycles. The van der Waals surface area contributed by atoms with E-state index < -0.39 is 18.4 Å². The summed E-state index contributed by atoms with van der Waals surface area (Å²) in [4.78, 5) is 37.5. The van der Waals surface area contributed by atoms with Crippen LogP contribution in [0.2, 0.25) is 0 Å². The van der Waals surface area contributed by atoms with E-state index in [4.69, 9.17) is 22.0 Å². The lowest BCUT2D eigenvalue weighted by Gasteiger charge is -2.30. The number of para-hydroxylation sites is 1. The van der Waals surface area contributed by atoms with Gasteiger partial charge in [-0.05, 0) is 55.0 Å². The molecule has 9 heteroatoms. The highest BCUT2D eigenvalue weighted by Crippen LogP contribution is 2.21. The zero-order chi connectivity index (χ0) is 27.5. The summed E-state index contributed by atoms with van der Waals surface area (Å²) in [5.41, 5.74) is 13.2. The summed E-state index contributed by atoms with van der Waals surface area (Å²) >= 11 is 0. The van der Waals surface area contributed by atoms with Gasteiger partial charge < -0.3 is 21.5 Å². The van der Waals surface area contributed by atoms with E-state index in [9.17, 15) is 14.4 Å². The molecular weight excluding hydrogens is 482 g/mol. The fourth-order valence-electron chi connectivity index (χ4n) is 4.30. The molecule has 0 unspecified atom stereocenters. The molecule has 4 rings (SSSR count). The summed E-state index contributed by atoms with van der Waals surface area (Å²) in [7, 11) is 0. The fourth-order valence-corrected chi connectivity index (χ4v) is 4.30. The van der Waals surface area contributed by atoms with Crippen LogP contribution in [0.5, 0.6) is 0 Å². The largest absolute Gasteiger partial charge is 0.480 e. The molecule has 0 bridgehead atoms. The highest BCUT2D eigenvalue weighted by Gasteiger charge is 2.22. The van der Waals surface area contributed by atoms with Crippen LogP contribution in [0.4, 0.5) is 10.5 Å². The maximum absolute atomic E-state index is 12.6. The van der Waals surface area contributed by atoms with Gasteiger partial charge in [0.15, 0.2) is 0 Å². The molecule has 3 aromatic carbocycles. The number of carbonyl (C=O) groups excluding carboxylic acids is 2. The van der Waals surface area contributed by atoms with Crippen LogP contribution >= 0.6 is 0 Å². The van der Waals surface area contributed by atoms with Crippen molar-refractivity contribution in [1.82, 2.24) is 4.90 Å². The molecule has 9 nitrogen and oxygen atoms in total. The van der Waals surface area contributed by atoms with Crippen LogP contribution in [0.15, 0.2) is 84.9 Å². The first kappa shape index (κ1) is 27.9. The van der Waals surface area contributed by atoms with Crippen molar-refractivity contribution in [2.24, 2.45) is 17.4 Å². The predicted octanol–water partition coefficient (Wildman–Crippen LogP) is 3.72. The van der Waals surface area contributed by atoms with E-state index in [0.717, 1.165) is 32.4 Å². The Morgan fingerprint density at radius 2 is 1.45 bits per heavy atom. The first-order chi connectivity index (χ1) is 18.2. The van der Waals surface area contributed by atoms with Crippen LogP contribution in [0.3, 0.4) is 0 Å². The summed E-state index contributed by atoms with van der Waals surface area (Å²) in [6, 6.07) is 25.1. The van der Waals surface area contributed by atoms with E-state index in [-0.39, 0.29) is 17.4 Å². The Morgan fingerprint density at radius 3 is 2.00 bits per heavy atom. The highest BCUT2D eigenvalue weighted by atomic mass is 16.4. The minimum atomic E-state index is -1.11. The number of carbonyl (C=O) groups is 3. The van der Waals surface area contributed by atoms with E-state index in [1.165, 1.54) is 16.5 Å². The van der Waals surface area contributed by atoms with Crippen LogP contribution in [0.25, 0.3) is 0 Å². The maximum Gasteiger partial charge on any atom is 0.323 e. The molecule has 1 heterocycles. The smallest absolute Gasteiger partial charge is 0.323 e. The molecule has 0 atom stereocenters. The number of nitrogens with one attached hydrogen (secondary N) is 1. The number of amides is 3. The molecule has 1 saturated heterocycles. The van der Waals surface area contributed by atoms with Gasteiger partial charge in [-0.2, -0.15) is 0 Å². The minimum Gasteiger partial charge on any atom is -0.480 e. The molecule has 0 radical (unpaired) electrons. The number of anilines is 1. The zero-order valence-electron chi connectivity index (χ0n) is 21.1. The SMILES string of the molecule is N=C(N)c1cccc(C(=O)N(CC(=O)O)c2ccccc2)c1.NC(=O)N1CCC(Cc2ccccc2)CC1. The second kappa shape index (κ2) is 13.6. The minimum absolute atomic E-state index is 0.154. The predicted molar refractivity (Wildman–Crippen MR) is 147 cm³/mol. The molecule has 0 aromatic heterocycles. The first-order valence-corrected chi connectivity index (χ1v) is 12.4. The van der Waals surface area contributed by atoms with Crippen molar-refractivity contribution in [3.05, 3.63) is 102 Å². The van der Waals surface area contributed by atoms with Gasteiger partial charge >= 0.3 is 12.0 Å². The number of piperidine rings is 1. The van der Waals surface area contributed by atoms with Crippen LogP contribution in [-0.2, 0) is 11.2 Å². The van der Waals surface area contributed by atoms with Crippen molar-refractivity contribution in [2.75, 3.05) is 24.5 Å². The van der Waals surface area contributed by atoms with Gasteiger partial charge in [-0.25, -0.2) is 4.79 Å². The number of primary amides is 1. The van der Waals surface area contributed by atoms with Gasteiger partial charge in [0.2, 0.25) is 0 Å². The summed E-state index contributed by atoms with van der Waals surface area (Å²) in [5, 5.41) is 16.5. The van der Waals surface area contributed by atoms with Gasteiger partial charge in [-0.1, -0.05) is 60.7 Å². The number of nitrogens with zero attached hydrogens (tertiary/aromatic N) is 2. The van der Waals surface area contributed by atoms with Crippen molar-refractivity contribution >= 4 is 29.4 Å². The van der Waals surface area contributed by atoms with Crippen LogP contribution in [-0.4, -0.2) is 53.4 Å². The van der Waals surface area contributed by atoms with Crippen LogP contribution in [0, 0.1) is 11.3 Å². The highest BCUT2D eigenvalue weighted by molar-refractivity contribution is 6.09. The molecule has 3 amide bonds. The first-order valence-electron chi connectivity index (χ1n) is 12.4. The third-order valence-electron chi connectivity index (χ3n) is 6.32. The summed E-state index contributed by atoms with van der Waals surface area (Å²) in [6.45, 7) is 1.17. The van der Waals surface area contributed by atoms with Gasteiger partial charge in [-0.3, -0.25) is 19.9 Å². The average Bonchev–Trinajstić information content (AvgIpc) is 2.93. The van der Waals surface area contributed by atoms with Gasteiger partial charge in [-0.15, -0.1) is 0 Å². The molecule has 3 aromatic rings. The Balaban J connectivity index is 0.000000221. The second-order valence-corrected chi connectivity index (χ2v) is 9.07. The number of hydrogen-bond donors (Lipinski definition) is 4. The fraction of sp³-hybridized carbons (Fsp3) is 0.241. The van der Waals surface area contributed by atoms with E-state index >= 15 is 0 Å². The lowest BCUT2D eigenvalue weighted by atomic mass is 9.90. The summed E-state index contributed by atoms with van der Waals surface area (Å²) in [5.74, 6) is -1.03. The number of amidine groups is 1. The number of rotatable bonds is 7. The van der Waals surface area contributed by atoms with Crippen molar-refractivity contribution in [3.63, 3.8) is 0 Å². The maximum atomic E-state index is 12.6. The molecule has 0 aliphatic carbocycles. The normalized spacial score (nSPS) is 13.1. The Labute approximate surface area is 222 Å². The Hall–Kier alpha value is -4.66. The number of likely N-dealkylation sites (tertiary alicyclic amines) is 1. The molecular formula is C29H33N5O4. The van der Waals surface area contributed by atoms with Gasteiger partial charge in [0, 0.05) is 29.9 Å². The lowest BCUT2D eigenvalue weighted by Crippen LogP contribution is -2.41. The van der Waals surface area contributed by atoms with E-state index in [0.29, 0.717) is 17.2 Å². The van der Waals surface area contributed by atoms with E-state index in [1.54, 1.807) is 53.4 Å². The van der Waals surface area contributed by atoms with Crippen molar-refractivity contribution in [1.29, 1.82) is 5.41 Å². The topological polar surface area (TPSA) is 154 Å². The third kappa shape index (κ3) is 8.19. The van der Waals surface area contributed by atoms with Gasteiger partial charge in [0.1, 0.15) is 12.4 Å². The molecule has 0 spiro atoms. The number of aliphatic carboxylic acids is 1. The second-order valence-electron chi connectivity index (χ2n) is 9.07. The third-order valence-corrected chi connectivity index (χ3v) is 6.32. The Kier molecular flexibility index (Phi) is 9.99. The number of urea groups is 1. The molecule has 198 valence electrons. The number of hydrogen-bond acceptors (Lipinski definition) is 4. The monoisotopic (exact) mass is 515 g/mol. The number of carboxylic acid groups (broad SMARTS) is 1. The lowest BCUT2D eigenvalue weighted by molar-refractivity contribution is -0.135. The quantitative estimate of drug-likeness (QED) is 0.279. The molecule has 38 heavy (non-hydrogen) atoms. The van der Waals surface area contributed by atoms with Gasteiger partial charge in [0.05, 0.1) is 0 Å². The number of nitrogen functional groups attached to an aromatic ring is 1. The van der Waals surface area contributed by atoms with Crippen LogP contribution in [0.1, 0.15) is 34.3 Å². The zero-order valence-corrected chi connectivity index (χ0v) is 21.1. The van der Waals surface area contributed by atoms with Crippen molar-refractivity contribution in [2.45, 2.75) is 19.3 Å². The molecule has 1 fully saturated rings. The standard InChI is InChI=1S/C16H15N3O3.C13H18N2O/c17-15(18)11-5-4-6-12(9-11)16(22)19(10-14(20)21)13-7-2-1-3-8-13;14-13(16)15-8-6-12(7-9-15)10-11-4-2-1-3-5-11/h1-9H,10H2,(H3,17,18)(H,20,21);1-5,12H,6-10H2,(H2,14,16). The number of benzene rings is 3. The Morgan fingerprint density at radius 1 is 0.868 bits per heavy atom. The van der Waals surface area contributed by atoms with E-state index in [2.05, 4.69) is 24.3 Å². The molecule has 1 aliphatic rings. The molecule has 0 saturated carbocycles. The molecule has 6 N–H and O–H groups in total. The van der Waals surface area contributed by atoms with Crippen molar-refractivity contribution < 1.29 is 19.5 Å². The van der Waals surface area contributed by atoms with Gasteiger partial charge in [0.25, 0.3) is 5.91 Å².